The maximum atomic E-state index is 12.5. The summed E-state index contributed by atoms with van der Waals surface area (Å²) in [6.45, 7) is 0. The lowest BCUT2D eigenvalue weighted by Gasteiger charge is -2.20. The van der Waals surface area contributed by atoms with Gasteiger partial charge >= 0.3 is 5.97 Å². The number of carbonyl (C=O) groups excluding carboxylic acids is 2. The Bertz CT molecular complexity index is 736. The molecule has 2 amide bonds. The molecule has 0 fully saturated rings. The van der Waals surface area contributed by atoms with Crippen molar-refractivity contribution in [2.75, 3.05) is 5.75 Å². The summed E-state index contributed by atoms with van der Waals surface area (Å²) in [6, 6.07) is 8.25. The van der Waals surface area contributed by atoms with Crippen LogP contribution in [-0.4, -0.2) is 45.9 Å². The molecule has 3 N–H and O–H groups in total. The lowest BCUT2D eigenvalue weighted by Crippen LogP contribution is -2.52. The summed E-state index contributed by atoms with van der Waals surface area (Å²) in [4.78, 5) is 36.0. The van der Waals surface area contributed by atoms with Crippen LogP contribution in [0, 0.1) is 0 Å². The van der Waals surface area contributed by atoms with Gasteiger partial charge in [0.05, 0.1) is 6.20 Å². The normalized spacial score (nSPS) is 12.8. The van der Waals surface area contributed by atoms with Crippen LogP contribution in [0.5, 0.6) is 0 Å². The van der Waals surface area contributed by atoms with Crippen LogP contribution in [-0.2, 0) is 16.0 Å². The second-order valence-electron chi connectivity index (χ2n) is 5.50. The summed E-state index contributed by atoms with van der Waals surface area (Å²) in [5.41, 5.74) is 0.775. The molecule has 0 aliphatic heterocycles. The van der Waals surface area contributed by atoms with Gasteiger partial charge in [0.25, 0.3) is 5.91 Å². The summed E-state index contributed by atoms with van der Waals surface area (Å²) in [7, 11) is 0. The fourth-order valence-corrected chi connectivity index (χ4v) is 2.54. The standard InChI is InChI=1S/C17H19N3O5S/c21-15(12(7-9-26)19-16(22)14-6-8-18-25-14)20-13(17(23)24)10-11-4-2-1-3-5-11/h1-6,8,12-13,26H,7,9-10H2,(H,19,22)(H,20,21)(H,23,24)/t12?,13-/m1/s1. The monoisotopic (exact) mass is 377 g/mol. The van der Waals surface area contributed by atoms with E-state index < -0.39 is 29.9 Å². The number of carboxylic acid groups (broad SMARTS) is 1. The van der Waals surface area contributed by atoms with Gasteiger partial charge in [-0.05, 0) is 17.7 Å². The molecule has 0 saturated carbocycles. The summed E-state index contributed by atoms with van der Waals surface area (Å²) in [6.07, 6.45) is 1.67. The van der Waals surface area contributed by atoms with E-state index in [1.54, 1.807) is 24.3 Å². The molecule has 2 rings (SSSR count). The second-order valence-corrected chi connectivity index (χ2v) is 5.95. The highest BCUT2D eigenvalue weighted by Gasteiger charge is 2.27. The molecule has 0 aliphatic rings. The van der Waals surface area contributed by atoms with E-state index in [2.05, 4.69) is 28.4 Å². The van der Waals surface area contributed by atoms with Gasteiger partial charge in [-0.3, -0.25) is 9.59 Å². The summed E-state index contributed by atoms with van der Waals surface area (Å²) in [5, 5.41) is 17.8. The van der Waals surface area contributed by atoms with Gasteiger partial charge in [0.2, 0.25) is 11.7 Å². The van der Waals surface area contributed by atoms with Gasteiger partial charge < -0.3 is 20.3 Å². The van der Waals surface area contributed by atoms with Crippen molar-refractivity contribution >= 4 is 30.4 Å². The molecule has 1 aromatic carbocycles. The molecule has 0 saturated heterocycles. The third-order valence-electron chi connectivity index (χ3n) is 3.60. The topological polar surface area (TPSA) is 122 Å². The third kappa shape index (κ3) is 5.62. The Morgan fingerprint density at radius 3 is 2.42 bits per heavy atom. The molecule has 8 nitrogen and oxygen atoms in total. The van der Waals surface area contributed by atoms with Crippen LogP contribution < -0.4 is 10.6 Å². The first-order valence-electron chi connectivity index (χ1n) is 7.90. The number of carboxylic acids is 1. The van der Waals surface area contributed by atoms with Crippen LogP contribution in [0.1, 0.15) is 22.5 Å². The van der Waals surface area contributed by atoms with Gasteiger partial charge in [-0.25, -0.2) is 4.79 Å². The number of benzene rings is 1. The van der Waals surface area contributed by atoms with Crippen LogP contribution >= 0.6 is 12.6 Å². The van der Waals surface area contributed by atoms with E-state index in [1.165, 1.54) is 12.3 Å². The van der Waals surface area contributed by atoms with Gasteiger partial charge in [-0.2, -0.15) is 12.6 Å². The predicted octanol–water partition coefficient (Wildman–Crippen LogP) is 0.905. The van der Waals surface area contributed by atoms with E-state index in [1.807, 2.05) is 6.07 Å². The number of nitrogens with zero attached hydrogens (tertiary/aromatic N) is 1. The van der Waals surface area contributed by atoms with Crippen molar-refractivity contribution < 1.29 is 24.0 Å². The van der Waals surface area contributed by atoms with Gasteiger partial charge in [-0.15, -0.1) is 0 Å². The van der Waals surface area contributed by atoms with Crippen molar-refractivity contribution in [1.82, 2.24) is 15.8 Å². The highest BCUT2D eigenvalue weighted by molar-refractivity contribution is 7.80. The van der Waals surface area contributed by atoms with E-state index in [0.717, 1.165) is 5.56 Å². The second kappa shape index (κ2) is 9.62. The molecule has 0 bridgehead atoms. The van der Waals surface area contributed by atoms with E-state index in [4.69, 9.17) is 4.52 Å². The largest absolute Gasteiger partial charge is 0.480 e. The number of aromatic nitrogens is 1. The SMILES string of the molecule is O=C(NC(CCS)C(=O)N[C@H](Cc1ccccc1)C(=O)O)c1ccno1. The Balaban J connectivity index is 2.03. The van der Waals surface area contributed by atoms with Crippen molar-refractivity contribution in [3.63, 3.8) is 0 Å². The number of amides is 2. The first-order valence-corrected chi connectivity index (χ1v) is 8.54. The molecule has 138 valence electrons. The molecular weight excluding hydrogens is 358 g/mol. The van der Waals surface area contributed by atoms with E-state index in [0.29, 0.717) is 5.75 Å². The summed E-state index contributed by atoms with van der Waals surface area (Å²) in [5.74, 6) is -2.09. The lowest BCUT2D eigenvalue weighted by atomic mass is 10.1. The first kappa shape index (κ1) is 19.5. The molecular formula is C17H19N3O5S. The van der Waals surface area contributed by atoms with Crippen LogP contribution in [0.15, 0.2) is 47.1 Å². The average molecular weight is 377 g/mol. The van der Waals surface area contributed by atoms with Crippen LogP contribution in [0.4, 0.5) is 0 Å². The van der Waals surface area contributed by atoms with Gasteiger partial charge in [0.15, 0.2) is 0 Å². The Morgan fingerprint density at radius 2 is 1.85 bits per heavy atom. The van der Waals surface area contributed by atoms with E-state index in [9.17, 15) is 19.5 Å². The first-order chi connectivity index (χ1) is 12.5. The predicted molar refractivity (Wildman–Crippen MR) is 95.9 cm³/mol. The Kier molecular flexibility index (Phi) is 7.22. The zero-order chi connectivity index (χ0) is 18.9. The molecule has 1 unspecified atom stereocenters. The molecule has 26 heavy (non-hydrogen) atoms. The van der Waals surface area contributed by atoms with E-state index in [-0.39, 0.29) is 18.6 Å². The lowest BCUT2D eigenvalue weighted by molar-refractivity contribution is -0.142. The molecule has 0 spiro atoms. The highest BCUT2D eigenvalue weighted by Crippen LogP contribution is 2.06. The smallest absolute Gasteiger partial charge is 0.326 e. The van der Waals surface area contributed by atoms with Crippen molar-refractivity contribution in [3.05, 3.63) is 53.9 Å². The summed E-state index contributed by atoms with van der Waals surface area (Å²) < 4.78 is 4.75. The van der Waals surface area contributed by atoms with Gasteiger partial charge in [0, 0.05) is 12.5 Å². The van der Waals surface area contributed by atoms with Gasteiger partial charge in [-0.1, -0.05) is 35.5 Å². The zero-order valence-corrected chi connectivity index (χ0v) is 14.7. The highest BCUT2D eigenvalue weighted by atomic mass is 32.1. The molecule has 1 aromatic heterocycles. The molecule has 0 radical (unpaired) electrons. The summed E-state index contributed by atoms with van der Waals surface area (Å²) >= 11 is 4.08. The molecule has 2 aromatic rings. The molecule has 9 heteroatoms. The minimum atomic E-state index is -1.16. The number of hydrogen-bond acceptors (Lipinski definition) is 6. The minimum absolute atomic E-state index is 0.0407. The molecule has 0 aliphatic carbocycles. The maximum Gasteiger partial charge on any atom is 0.326 e. The van der Waals surface area contributed by atoms with Crippen molar-refractivity contribution in [2.24, 2.45) is 0 Å². The number of hydrogen-bond donors (Lipinski definition) is 4. The van der Waals surface area contributed by atoms with Crippen molar-refractivity contribution in [1.29, 1.82) is 0 Å². The van der Waals surface area contributed by atoms with E-state index >= 15 is 0 Å². The quantitative estimate of drug-likeness (QED) is 0.482. The van der Waals surface area contributed by atoms with Crippen molar-refractivity contribution in [3.8, 4) is 0 Å². The van der Waals surface area contributed by atoms with Crippen LogP contribution in [0.3, 0.4) is 0 Å². The van der Waals surface area contributed by atoms with Crippen LogP contribution in [0.25, 0.3) is 0 Å². The number of carbonyl (C=O) groups is 3. The third-order valence-corrected chi connectivity index (χ3v) is 3.86. The Morgan fingerprint density at radius 1 is 1.12 bits per heavy atom. The van der Waals surface area contributed by atoms with Crippen LogP contribution in [0.2, 0.25) is 0 Å². The molecule has 2 atom stereocenters. The zero-order valence-electron chi connectivity index (χ0n) is 13.8. The maximum absolute atomic E-state index is 12.5. The average Bonchev–Trinajstić information content (AvgIpc) is 3.16. The minimum Gasteiger partial charge on any atom is -0.480 e. The number of aliphatic carboxylic acids is 1. The van der Waals surface area contributed by atoms with Gasteiger partial charge in [0.1, 0.15) is 12.1 Å². The number of thiol groups is 1. The van der Waals surface area contributed by atoms with Crippen molar-refractivity contribution in [2.45, 2.75) is 24.9 Å². The number of rotatable bonds is 9. The Labute approximate surface area is 155 Å². The Hall–Kier alpha value is -2.81. The number of nitrogens with one attached hydrogen (secondary N) is 2. The molecule has 1 heterocycles. The fraction of sp³-hybridized carbons (Fsp3) is 0.294. The fourth-order valence-electron chi connectivity index (χ4n) is 2.28.